The molecule has 0 aliphatic carbocycles. The van der Waals surface area contributed by atoms with Crippen LogP contribution >= 0.6 is 0 Å². The molecule has 0 saturated carbocycles. The third kappa shape index (κ3) is 2.88. The molecule has 7 heteroatoms. The zero-order valence-corrected chi connectivity index (χ0v) is 10.4. The van der Waals surface area contributed by atoms with Crippen LogP contribution in [-0.4, -0.2) is 25.2 Å². The van der Waals surface area contributed by atoms with Gasteiger partial charge in [-0.3, -0.25) is 5.41 Å². The van der Waals surface area contributed by atoms with Gasteiger partial charge in [0.05, 0.1) is 4.90 Å². The fourth-order valence-electron chi connectivity index (χ4n) is 1.34. The van der Waals surface area contributed by atoms with E-state index in [-0.39, 0.29) is 11.4 Å². The number of rotatable bonds is 4. The number of nitrogens with zero attached hydrogens (tertiary/aromatic N) is 1. The second-order valence-corrected chi connectivity index (χ2v) is 5.39. The minimum Gasteiger partial charge on any atom is -0.399 e. The summed E-state index contributed by atoms with van der Waals surface area (Å²) in [7, 11) is -3.75. The van der Waals surface area contributed by atoms with E-state index in [4.69, 9.17) is 16.9 Å². The second kappa shape index (κ2) is 5.05. The standard InChI is InChI=1S/C10H16N4O2S/c1-2-7-14(10(12)13)17(15,16)9-5-3-8(11)4-6-9/h3-6H,2,7,11H2,1H3,(H3,12,13). The summed E-state index contributed by atoms with van der Waals surface area (Å²) >= 11 is 0. The van der Waals surface area contributed by atoms with Crippen molar-refractivity contribution in [3.63, 3.8) is 0 Å². The molecular weight excluding hydrogens is 240 g/mol. The quantitative estimate of drug-likeness (QED) is 0.415. The first-order chi connectivity index (χ1) is 7.89. The van der Waals surface area contributed by atoms with Crippen LogP contribution in [-0.2, 0) is 10.0 Å². The lowest BCUT2D eigenvalue weighted by molar-refractivity contribution is 0.514. The lowest BCUT2D eigenvalue weighted by Crippen LogP contribution is -2.41. The summed E-state index contributed by atoms with van der Waals surface area (Å²) in [6.45, 7) is 2.00. The molecule has 0 radical (unpaired) electrons. The van der Waals surface area contributed by atoms with Crippen molar-refractivity contribution in [1.29, 1.82) is 5.41 Å². The Morgan fingerprint density at radius 2 is 1.88 bits per heavy atom. The summed E-state index contributed by atoms with van der Waals surface area (Å²) in [4.78, 5) is 0.0790. The zero-order valence-electron chi connectivity index (χ0n) is 9.55. The van der Waals surface area contributed by atoms with Crippen LogP contribution in [0.5, 0.6) is 0 Å². The van der Waals surface area contributed by atoms with Gasteiger partial charge < -0.3 is 11.5 Å². The molecule has 0 aliphatic heterocycles. The van der Waals surface area contributed by atoms with Gasteiger partial charge in [0.1, 0.15) is 0 Å². The van der Waals surface area contributed by atoms with Gasteiger partial charge in [-0.25, -0.2) is 12.7 Å². The predicted octanol–water partition coefficient (Wildman–Crippen LogP) is 0.563. The van der Waals surface area contributed by atoms with Crippen molar-refractivity contribution >= 4 is 21.7 Å². The van der Waals surface area contributed by atoms with Crippen molar-refractivity contribution in [2.24, 2.45) is 5.73 Å². The number of guanidine groups is 1. The van der Waals surface area contributed by atoms with Gasteiger partial charge in [0.25, 0.3) is 10.0 Å². The highest BCUT2D eigenvalue weighted by atomic mass is 32.2. The van der Waals surface area contributed by atoms with Gasteiger partial charge in [0.15, 0.2) is 0 Å². The van der Waals surface area contributed by atoms with E-state index in [9.17, 15) is 8.42 Å². The minimum atomic E-state index is -3.75. The van der Waals surface area contributed by atoms with E-state index in [2.05, 4.69) is 0 Å². The van der Waals surface area contributed by atoms with E-state index >= 15 is 0 Å². The summed E-state index contributed by atoms with van der Waals surface area (Å²) in [6, 6.07) is 5.79. The largest absolute Gasteiger partial charge is 0.399 e. The molecule has 0 unspecified atom stereocenters. The van der Waals surface area contributed by atoms with Gasteiger partial charge in [0, 0.05) is 12.2 Å². The average molecular weight is 256 g/mol. The summed E-state index contributed by atoms with van der Waals surface area (Å²) in [5, 5.41) is 7.30. The van der Waals surface area contributed by atoms with E-state index in [1.165, 1.54) is 24.3 Å². The van der Waals surface area contributed by atoms with Crippen LogP contribution in [0.2, 0.25) is 0 Å². The van der Waals surface area contributed by atoms with E-state index in [1.807, 2.05) is 6.92 Å². The van der Waals surface area contributed by atoms with Crippen LogP contribution in [0.15, 0.2) is 29.2 Å². The Bertz CT molecular complexity index is 496. The van der Waals surface area contributed by atoms with Crippen LogP contribution < -0.4 is 11.5 Å². The molecule has 0 heterocycles. The maximum Gasteiger partial charge on any atom is 0.266 e. The summed E-state index contributed by atoms with van der Waals surface area (Å²) < 4.78 is 25.2. The van der Waals surface area contributed by atoms with Crippen LogP contribution in [0, 0.1) is 5.41 Å². The maximum atomic E-state index is 12.1. The number of nitrogens with two attached hydrogens (primary N) is 2. The van der Waals surface area contributed by atoms with Crippen molar-refractivity contribution in [3.8, 4) is 0 Å². The van der Waals surface area contributed by atoms with Gasteiger partial charge >= 0.3 is 0 Å². The summed E-state index contributed by atoms with van der Waals surface area (Å²) in [5.41, 5.74) is 11.3. The Hall–Kier alpha value is -1.76. The monoisotopic (exact) mass is 256 g/mol. The molecule has 94 valence electrons. The first kappa shape index (κ1) is 13.3. The van der Waals surface area contributed by atoms with Gasteiger partial charge in [-0.1, -0.05) is 6.92 Å². The molecule has 1 aromatic carbocycles. The van der Waals surface area contributed by atoms with Crippen molar-refractivity contribution in [2.75, 3.05) is 12.3 Å². The first-order valence-corrected chi connectivity index (χ1v) is 6.56. The van der Waals surface area contributed by atoms with Crippen molar-refractivity contribution in [2.45, 2.75) is 18.2 Å². The van der Waals surface area contributed by atoms with Crippen LogP contribution in [0.3, 0.4) is 0 Å². The third-order valence-electron chi connectivity index (χ3n) is 2.16. The smallest absolute Gasteiger partial charge is 0.266 e. The minimum absolute atomic E-state index is 0.0790. The maximum absolute atomic E-state index is 12.1. The molecule has 6 nitrogen and oxygen atoms in total. The zero-order chi connectivity index (χ0) is 13.1. The van der Waals surface area contributed by atoms with Crippen LogP contribution in [0.1, 0.15) is 13.3 Å². The Morgan fingerprint density at radius 3 is 2.29 bits per heavy atom. The van der Waals surface area contributed by atoms with E-state index in [1.54, 1.807) is 0 Å². The Balaban J connectivity index is 3.16. The number of benzene rings is 1. The molecule has 0 bridgehead atoms. The molecule has 0 fully saturated rings. The Labute approximate surface area is 101 Å². The molecule has 0 aliphatic rings. The molecule has 0 spiro atoms. The highest BCUT2D eigenvalue weighted by molar-refractivity contribution is 7.89. The SMILES string of the molecule is CCCN(C(=N)N)S(=O)(=O)c1ccc(N)cc1. The molecule has 0 atom stereocenters. The number of sulfonamides is 1. The molecule has 0 aromatic heterocycles. The highest BCUT2D eigenvalue weighted by Crippen LogP contribution is 2.17. The summed E-state index contributed by atoms with van der Waals surface area (Å²) in [6.07, 6.45) is 0.577. The molecule has 5 N–H and O–H groups in total. The molecule has 17 heavy (non-hydrogen) atoms. The van der Waals surface area contributed by atoms with E-state index < -0.39 is 16.0 Å². The lowest BCUT2D eigenvalue weighted by Gasteiger charge is -2.21. The summed E-state index contributed by atoms with van der Waals surface area (Å²) in [5.74, 6) is -0.483. The number of anilines is 1. The normalized spacial score (nSPS) is 11.1. The van der Waals surface area contributed by atoms with Gasteiger partial charge in [0.2, 0.25) is 5.96 Å². The fourth-order valence-corrected chi connectivity index (χ4v) is 2.76. The molecule has 1 aromatic rings. The van der Waals surface area contributed by atoms with Crippen LogP contribution in [0.4, 0.5) is 5.69 Å². The Morgan fingerprint density at radius 1 is 1.35 bits per heavy atom. The Kier molecular flexibility index (Phi) is 3.95. The van der Waals surface area contributed by atoms with E-state index in [0.29, 0.717) is 12.1 Å². The van der Waals surface area contributed by atoms with Crippen molar-refractivity contribution in [1.82, 2.24) is 4.31 Å². The fraction of sp³-hybridized carbons (Fsp3) is 0.300. The molecule has 0 amide bonds. The topological polar surface area (TPSA) is 113 Å². The predicted molar refractivity (Wildman–Crippen MR) is 67.0 cm³/mol. The number of hydrogen-bond donors (Lipinski definition) is 3. The number of nitrogens with one attached hydrogen (secondary N) is 1. The number of nitrogen functional groups attached to an aromatic ring is 1. The molecular formula is C10H16N4O2S. The highest BCUT2D eigenvalue weighted by Gasteiger charge is 2.24. The van der Waals surface area contributed by atoms with Crippen molar-refractivity contribution in [3.05, 3.63) is 24.3 Å². The lowest BCUT2D eigenvalue weighted by atomic mass is 10.3. The second-order valence-electron chi connectivity index (χ2n) is 3.53. The first-order valence-electron chi connectivity index (χ1n) is 5.12. The van der Waals surface area contributed by atoms with Gasteiger partial charge in [-0.15, -0.1) is 0 Å². The van der Waals surface area contributed by atoms with E-state index in [0.717, 1.165) is 4.31 Å². The van der Waals surface area contributed by atoms with Gasteiger partial charge in [-0.2, -0.15) is 0 Å². The molecule has 1 rings (SSSR count). The number of hydrogen-bond acceptors (Lipinski definition) is 4. The van der Waals surface area contributed by atoms with Crippen LogP contribution in [0.25, 0.3) is 0 Å². The third-order valence-corrected chi connectivity index (χ3v) is 3.99. The van der Waals surface area contributed by atoms with Crippen molar-refractivity contribution < 1.29 is 8.42 Å². The van der Waals surface area contributed by atoms with Gasteiger partial charge in [-0.05, 0) is 30.7 Å². The average Bonchev–Trinajstić information content (AvgIpc) is 2.25. The molecule has 0 saturated heterocycles.